The van der Waals surface area contributed by atoms with Crippen molar-refractivity contribution in [1.29, 1.82) is 0 Å². The van der Waals surface area contributed by atoms with Crippen molar-refractivity contribution in [2.45, 2.75) is 52.4 Å². The van der Waals surface area contributed by atoms with E-state index >= 15 is 0 Å². The van der Waals surface area contributed by atoms with Crippen LogP contribution in [0.2, 0.25) is 0 Å². The molecule has 328 valence electrons. The number of pyridine rings is 1. The van der Waals surface area contributed by atoms with Crippen LogP contribution in [0, 0.1) is 0 Å². The molecular formula is C62H54N4O. The number of nitrogens with zero attached hydrogens (tertiary/aromatic N) is 4. The van der Waals surface area contributed by atoms with Gasteiger partial charge in [-0.25, -0.2) is 4.98 Å². The van der Waals surface area contributed by atoms with Crippen LogP contribution in [0.4, 0.5) is 22.7 Å². The summed E-state index contributed by atoms with van der Waals surface area (Å²) in [6.45, 7) is 13.6. The second-order valence-corrected chi connectivity index (χ2v) is 19.4. The first-order valence-electron chi connectivity index (χ1n) is 25.4. The highest BCUT2D eigenvalue weighted by Gasteiger charge is 2.32. The Labute approximate surface area is 401 Å². The lowest BCUT2D eigenvalue weighted by Crippen LogP contribution is -2.25. The SMILES string of the molecule is [2H]c1c([2H])c([2H])c(-c2cccc(-c3cccc(C(C)(C)C)c3)c2N2CN(c3cccc(Oc4ccc5c6cc(-c7ccccc7)ccc6n(-c6cc(C(C)(C)C)ccn6)c5c4)c3)c3ccccc32)c([2H])c1[2H]. The summed E-state index contributed by atoms with van der Waals surface area (Å²) >= 11 is 0. The smallest absolute Gasteiger partial charge is 0.137 e. The van der Waals surface area contributed by atoms with Gasteiger partial charge in [-0.2, -0.15) is 0 Å². The van der Waals surface area contributed by atoms with Crippen LogP contribution in [-0.4, -0.2) is 16.2 Å². The zero-order valence-corrected chi connectivity index (χ0v) is 38.6. The first-order chi connectivity index (χ1) is 34.5. The number of fused-ring (bicyclic) bond motifs is 4. The van der Waals surface area contributed by atoms with Crippen LogP contribution in [0.3, 0.4) is 0 Å². The number of rotatable bonds is 8. The van der Waals surface area contributed by atoms with Gasteiger partial charge in [0, 0.05) is 45.9 Å². The molecule has 11 rings (SSSR count). The van der Waals surface area contributed by atoms with Crippen molar-refractivity contribution in [2.24, 2.45) is 0 Å². The topological polar surface area (TPSA) is 33.5 Å². The van der Waals surface area contributed by atoms with E-state index in [1.165, 1.54) is 5.56 Å². The van der Waals surface area contributed by atoms with Crippen LogP contribution in [0.1, 0.15) is 59.5 Å². The van der Waals surface area contributed by atoms with E-state index in [1.54, 1.807) is 0 Å². The number of anilines is 4. The zero-order valence-electron chi connectivity index (χ0n) is 43.6. The van der Waals surface area contributed by atoms with E-state index in [4.69, 9.17) is 16.6 Å². The van der Waals surface area contributed by atoms with Gasteiger partial charge < -0.3 is 14.5 Å². The van der Waals surface area contributed by atoms with Crippen molar-refractivity contribution in [3.63, 3.8) is 0 Å². The molecule has 0 saturated heterocycles. The van der Waals surface area contributed by atoms with Gasteiger partial charge in [-0.1, -0.05) is 169 Å². The summed E-state index contributed by atoms with van der Waals surface area (Å²) < 4.78 is 53.1. The molecule has 0 spiro atoms. The van der Waals surface area contributed by atoms with Crippen LogP contribution >= 0.6 is 0 Å². The average Bonchev–Trinajstić information content (AvgIpc) is 3.93. The quantitative estimate of drug-likeness (QED) is 0.152. The molecule has 0 N–H and O–H groups in total. The fraction of sp³-hybridized carbons (Fsp3) is 0.145. The minimum atomic E-state index is -0.424. The Morgan fingerprint density at radius 3 is 1.94 bits per heavy atom. The molecule has 1 aliphatic rings. The van der Waals surface area contributed by atoms with Crippen LogP contribution < -0.4 is 14.5 Å². The van der Waals surface area contributed by atoms with Gasteiger partial charge in [0.1, 0.15) is 24.0 Å². The molecule has 0 unspecified atom stereocenters. The number of benzene rings is 8. The summed E-state index contributed by atoms with van der Waals surface area (Å²) in [6.07, 6.45) is 1.90. The van der Waals surface area contributed by atoms with E-state index < -0.39 is 6.04 Å². The van der Waals surface area contributed by atoms with Gasteiger partial charge in [-0.15, -0.1) is 0 Å². The predicted molar refractivity (Wildman–Crippen MR) is 281 cm³/mol. The zero-order chi connectivity index (χ0) is 50.2. The third-order valence-corrected chi connectivity index (χ3v) is 12.9. The molecule has 2 aromatic heterocycles. The predicted octanol–water partition coefficient (Wildman–Crippen LogP) is 16.8. The number of aromatic nitrogens is 2. The second-order valence-electron chi connectivity index (χ2n) is 19.4. The van der Waals surface area contributed by atoms with Crippen molar-refractivity contribution >= 4 is 44.6 Å². The summed E-state index contributed by atoms with van der Waals surface area (Å²) in [5.74, 6) is 2.17. The average molecular weight is 876 g/mol. The molecule has 3 heterocycles. The second kappa shape index (κ2) is 16.5. The van der Waals surface area contributed by atoms with Crippen molar-refractivity contribution in [1.82, 2.24) is 9.55 Å². The monoisotopic (exact) mass is 875 g/mol. The molecule has 5 heteroatoms. The minimum Gasteiger partial charge on any atom is -0.457 e. The van der Waals surface area contributed by atoms with Crippen molar-refractivity contribution in [3.8, 4) is 50.7 Å². The highest BCUT2D eigenvalue weighted by Crippen LogP contribution is 2.51. The lowest BCUT2D eigenvalue weighted by molar-refractivity contribution is 0.483. The Kier molecular flexibility index (Phi) is 8.96. The van der Waals surface area contributed by atoms with Crippen molar-refractivity contribution in [3.05, 3.63) is 217 Å². The Bertz CT molecular complexity index is 3730. The largest absolute Gasteiger partial charge is 0.457 e. The molecule has 0 aliphatic carbocycles. The molecular weight excluding hydrogens is 817 g/mol. The lowest BCUT2D eigenvalue weighted by atomic mass is 9.85. The van der Waals surface area contributed by atoms with Gasteiger partial charge >= 0.3 is 0 Å². The summed E-state index contributed by atoms with van der Waals surface area (Å²) in [7, 11) is 0. The fourth-order valence-electron chi connectivity index (χ4n) is 9.41. The molecule has 10 aromatic rings. The van der Waals surface area contributed by atoms with E-state index in [2.05, 4.69) is 177 Å². The molecule has 0 amide bonds. The van der Waals surface area contributed by atoms with Gasteiger partial charge in [0.05, 0.1) is 34.9 Å². The fourth-order valence-corrected chi connectivity index (χ4v) is 9.41. The Balaban J connectivity index is 1.01. The van der Waals surface area contributed by atoms with E-state index in [-0.39, 0.29) is 40.6 Å². The van der Waals surface area contributed by atoms with Gasteiger partial charge in [0.2, 0.25) is 0 Å². The third-order valence-electron chi connectivity index (χ3n) is 12.9. The Morgan fingerprint density at radius 2 is 1.16 bits per heavy atom. The maximum absolute atomic E-state index is 9.15. The van der Waals surface area contributed by atoms with E-state index in [0.717, 1.165) is 78.2 Å². The summed E-state index contributed by atoms with van der Waals surface area (Å²) in [6, 6.07) is 56.6. The Hall–Kier alpha value is -7.89. The highest BCUT2D eigenvalue weighted by molar-refractivity contribution is 6.11. The van der Waals surface area contributed by atoms with Crippen LogP contribution in [0.25, 0.3) is 61.0 Å². The minimum absolute atomic E-state index is 0.0723. The molecule has 5 nitrogen and oxygen atoms in total. The van der Waals surface area contributed by atoms with Crippen molar-refractivity contribution < 1.29 is 11.6 Å². The normalized spacial score (nSPS) is 13.9. The molecule has 67 heavy (non-hydrogen) atoms. The number of para-hydroxylation sites is 3. The molecule has 0 bridgehead atoms. The molecule has 0 radical (unpaired) electrons. The highest BCUT2D eigenvalue weighted by atomic mass is 16.5. The van der Waals surface area contributed by atoms with Gasteiger partial charge in [0.15, 0.2) is 0 Å². The van der Waals surface area contributed by atoms with Gasteiger partial charge in [-0.05, 0) is 105 Å². The maximum atomic E-state index is 9.15. The van der Waals surface area contributed by atoms with Crippen LogP contribution in [0.15, 0.2) is 206 Å². The van der Waals surface area contributed by atoms with E-state index in [9.17, 15) is 0 Å². The van der Waals surface area contributed by atoms with Gasteiger partial charge in [0.25, 0.3) is 0 Å². The summed E-state index contributed by atoms with van der Waals surface area (Å²) in [4.78, 5) is 9.38. The Morgan fingerprint density at radius 1 is 0.493 bits per heavy atom. The molecule has 0 atom stereocenters. The summed E-state index contributed by atoms with van der Waals surface area (Å²) in [5, 5.41) is 2.22. The molecule has 8 aromatic carbocycles. The number of ether oxygens (including phenoxy) is 1. The summed E-state index contributed by atoms with van der Waals surface area (Å²) in [5.41, 5.74) is 12.5. The standard InChI is InChI=1S/C62H54N4O/c1-61(2,3)46-23-15-22-45(36-46)52-27-17-26-51(43-20-11-8-12-21-43)60(52)65-41-64(56-28-13-14-29-57(56)65)48-24-16-25-49(39-48)67-50-31-32-53-54-37-44(42-18-9-7-10-19-42)30-33-55(54)66(58(53)40-50)59-38-47(34-35-63-59)62(4,5)6/h7-40H,41H2,1-6H3/i8D,11D,12D,20D,21D. The molecule has 1 aliphatic heterocycles. The van der Waals surface area contributed by atoms with Crippen LogP contribution in [-0.2, 0) is 10.8 Å². The molecule has 0 fully saturated rings. The van der Waals surface area contributed by atoms with E-state index in [0.29, 0.717) is 23.7 Å². The number of hydrogen-bond acceptors (Lipinski definition) is 4. The van der Waals surface area contributed by atoms with Crippen LogP contribution in [0.5, 0.6) is 11.5 Å². The number of hydrogen-bond donors (Lipinski definition) is 0. The third kappa shape index (κ3) is 7.80. The lowest BCUT2D eigenvalue weighted by Gasteiger charge is -2.28. The maximum Gasteiger partial charge on any atom is 0.137 e. The van der Waals surface area contributed by atoms with Crippen molar-refractivity contribution in [2.75, 3.05) is 16.5 Å². The first-order valence-corrected chi connectivity index (χ1v) is 22.9. The van der Waals surface area contributed by atoms with E-state index in [1.807, 2.05) is 54.7 Å². The molecule has 0 saturated carbocycles. The first kappa shape index (κ1) is 36.3. The van der Waals surface area contributed by atoms with Gasteiger partial charge in [-0.3, -0.25) is 4.57 Å².